The fraction of sp³-hybridized carbons (Fsp3) is 0.227. The van der Waals surface area contributed by atoms with Gasteiger partial charge in [0, 0.05) is 17.9 Å². The van der Waals surface area contributed by atoms with Gasteiger partial charge in [0.1, 0.15) is 0 Å². The molecule has 0 saturated carbocycles. The average Bonchev–Trinajstić information content (AvgIpc) is 2.85. The minimum atomic E-state index is -0.328. The van der Waals surface area contributed by atoms with E-state index in [1.165, 1.54) is 23.6 Å². The van der Waals surface area contributed by atoms with Gasteiger partial charge in [0.25, 0.3) is 11.8 Å². The second kappa shape index (κ2) is 8.02. The first-order valence-corrected chi connectivity index (χ1v) is 9.90. The van der Waals surface area contributed by atoms with Crippen LogP contribution in [0.15, 0.2) is 53.4 Å². The minimum Gasteiger partial charge on any atom is -0.326 e. The molecular weight excluding hydrogens is 372 g/mol. The second-order valence-corrected chi connectivity index (χ2v) is 8.50. The van der Waals surface area contributed by atoms with Crippen LogP contribution in [0, 0.1) is 6.92 Å². The molecule has 0 fully saturated rings. The van der Waals surface area contributed by atoms with Crippen LogP contribution in [0.2, 0.25) is 0 Å². The zero-order valence-corrected chi connectivity index (χ0v) is 17.1. The van der Waals surface area contributed by atoms with Gasteiger partial charge in [-0.1, -0.05) is 38.1 Å². The Morgan fingerprint density at radius 2 is 1.71 bits per heavy atom. The smallest absolute Gasteiger partial charge is 0.272 e. The maximum Gasteiger partial charge on any atom is 0.272 e. The van der Waals surface area contributed by atoms with Crippen molar-refractivity contribution < 1.29 is 14.4 Å². The van der Waals surface area contributed by atoms with Crippen LogP contribution in [0.1, 0.15) is 31.9 Å². The van der Waals surface area contributed by atoms with Gasteiger partial charge in [-0.2, -0.15) is 0 Å². The molecule has 0 saturated heterocycles. The molecule has 3 rings (SSSR count). The summed E-state index contributed by atoms with van der Waals surface area (Å²) < 4.78 is 0. The lowest BCUT2D eigenvalue weighted by molar-refractivity contribution is -0.120. The predicted octanol–water partition coefficient (Wildman–Crippen LogP) is 4.38. The summed E-state index contributed by atoms with van der Waals surface area (Å²) in [6.07, 6.45) is 0. The Balaban J connectivity index is 2.04. The molecule has 0 aliphatic carbocycles. The van der Waals surface area contributed by atoms with Crippen LogP contribution in [-0.4, -0.2) is 23.0 Å². The summed E-state index contributed by atoms with van der Waals surface area (Å²) in [6, 6.07) is 14.3. The third kappa shape index (κ3) is 4.02. The van der Waals surface area contributed by atoms with Crippen molar-refractivity contribution in [2.24, 2.45) is 0 Å². The Morgan fingerprint density at radius 1 is 1.04 bits per heavy atom. The van der Waals surface area contributed by atoms with Crippen LogP contribution in [0.4, 0.5) is 11.4 Å². The van der Waals surface area contributed by atoms with Gasteiger partial charge in [0.2, 0.25) is 5.91 Å². The standard InChI is InChI=1S/C22H22N2O3S/c1-13(2)28-20-19(16-8-10-17(11-9-16)23-15(4)25)21(26)24(22(20)27)18-7-5-6-14(3)12-18/h5-13H,1-4H3,(H,23,25). The first kappa shape index (κ1) is 19.9. The van der Waals surface area contributed by atoms with Crippen molar-refractivity contribution in [2.75, 3.05) is 10.2 Å². The number of thioether (sulfide) groups is 1. The Hall–Kier alpha value is -2.86. The molecule has 6 heteroatoms. The van der Waals surface area contributed by atoms with Crippen molar-refractivity contribution in [1.29, 1.82) is 0 Å². The molecule has 2 aromatic rings. The van der Waals surface area contributed by atoms with Gasteiger partial charge in [0.05, 0.1) is 16.2 Å². The number of hydrogen-bond acceptors (Lipinski definition) is 4. The minimum absolute atomic E-state index is 0.151. The Labute approximate surface area is 168 Å². The predicted molar refractivity (Wildman–Crippen MR) is 114 cm³/mol. The van der Waals surface area contributed by atoms with Crippen molar-refractivity contribution in [3.63, 3.8) is 0 Å². The highest BCUT2D eigenvalue weighted by Crippen LogP contribution is 2.40. The van der Waals surface area contributed by atoms with Gasteiger partial charge in [-0.25, -0.2) is 4.90 Å². The number of aryl methyl sites for hydroxylation is 1. The van der Waals surface area contributed by atoms with E-state index in [1.54, 1.807) is 30.3 Å². The van der Waals surface area contributed by atoms with E-state index in [2.05, 4.69) is 5.32 Å². The fourth-order valence-corrected chi connectivity index (χ4v) is 4.02. The van der Waals surface area contributed by atoms with E-state index in [-0.39, 0.29) is 23.0 Å². The molecule has 144 valence electrons. The van der Waals surface area contributed by atoms with E-state index < -0.39 is 0 Å². The number of imide groups is 1. The number of nitrogens with zero attached hydrogens (tertiary/aromatic N) is 1. The van der Waals surface area contributed by atoms with E-state index >= 15 is 0 Å². The largest absolute Gasteiger partial charge is 0.326 e. The summed E-state index contributed by atoms with van der Waals surface area (Å²) >= 11 is 1.39. The molecule has 0 bridgehead atoms. The molecule has 0 spiro atoms. The highest BCUT2D eigenvalue weighted by Gasteiger charge is 2.40. The van der Waals surface area contributed by atoms with Crippen LogP contribution < -0.4 is 10.2 Å². The molecule has 5 nitrogen and oxygen atoms in total. The summed E-state index contributed by atoms with van der Waals surface area (Å²) in [7, 11) is 0. The number of carbonyl (C=O) groups is 3. The Bertz CT molecular complexity index is 978. The number of anilines is 2. The number of benzene rings is 2. The molecule has 2 aromatic carbocycles. The molecule has 0 atom stereocenters. The van der Waals surface area contributed by atoms with E-state index in [0.29, 0.717) is 27.4 Å². The van der Waals surface area contributed by atoms with E-state index in [9.17, 15) is 14.4 Å². The SMILES string of the molecule is CC(=O)Nc1ccc(C2=C(SC(C)C)C(=O)N(c3cccc(C)c3)C2=O)cc1. The normalized spacial score (nSPS) is 14.2. The van der Waals surface area contributed by atoms with Crippen LogP contribution in [0.5, 0.6) is 0 Å². The third-order valence-corrected chi connectivity index (χ3v) is 5.23. The zero-order chi connectivity index (χ0) is 20.4. The maximum atomic E-state index is 13.2. The van der Waals surface area contributed by atoms with Gasteiger partial charge in [-0.15, -0.1) is 11.8 Å². The number of rotatable bonds is 5. The molecule has 1 aliphatic heterocycles. The molecule has 3 amide bonds. The van der Waals surface area contributed by atoms with Crippen LogP contribution in [0.3, 0.4) is 0 Å². The van der Waals surface area contributed by atoms with Gasteiger partial charge in [-0.05, 0) is 42.3 Å². The number of amides is 3. The average molecular weight is 394 g/mol. The molecule has 1 N–H and O–H groups in total. The molecule has 28 heavy (non-hydrogen) atoms. The van der Waals surface area contributed by atoms with E-state index in [4.69, 9.17) is 0 Å². The van der Waals surface area contributed by atoms with Gasteiger partial charge in [0.15, 0.2) is 0 Å². The quantitative estimate of drug-likeness (QED) is 0.765. The molecule has 0 unspecified atom stereocenters. The lowest BCUT2D eigenvalue weighted by Crippen LogP contribution is -2.31. The van der Waals surface area contributed by atoms with E-state index in [1.807, 2.05) is 39.0 Å². The van der Waals surface area contributed by atoms with Crippen molar-refractivity contribution >= 4 is 46.4 Å². The molecule has 1 heterocycles. The van der Waals surface area contributed by atoms with Crippen LogP contribution in [0.25, 0.3) is 5.57 Å². The first-order valence-electron chi connectivity index (χ1n) is 9.02. The Kier molecular flexibility index (Phi) is 5.70. The summed E-state index contributed by atoms with van der Waals surface area (Å²) in [5, 5.41) is 2.86. The Morgan fingerprint density at radius 3 is 2.29 bits per heavy atom. The van der Waals surface area contributed by atoms with Crippen molar-refractivity contribution in [3.05, 3.63) is 64.6 Å². The van der Waals surface area contributed by atoms with Gasteiger partial charge < -0.3 is 5.32 Å². The maximum absolute atomic E-state index is 13.2. The number of hydrogen-bond donors (Lipinski definition) is 1. The summed E-state index contributed by atoms with van der Waals surface area (Å²) in [4.78, 5) is 39.3. The van der Waals surface area contributed by atoms with E-state index in [0.717, 1.165) is 5.56 Å². The topological polar surface area (TPSA) is 66.5 Å². The monoisotopic (exact) mass is 394 g/mol. The first-order chi connectivity index (χ1) is 13.3. The summed E-state index contributed by atoms with van der Waals surface area (Å²) in [5.74, 6) is -0.790. The zero-order valence-electron chi connectivity index (χ0n) is 16.3. The molecule has 0 radical (unpaired) electrons. The van der Waals surface area contributed by atoms with Crippen LogP contribution >= 0.6 is 11.8 Å². The molecule has 0 aromatic heterocycles. The molecule has 1 aliphatic rings. The summed E-state index contributed by atoms with van der Waals surface area (Å²) in [5.41, 5.74) is 3.25. The lowest BCUT2D eigenvalue weighted by Gasteiger charge is -2.16. The number of carbonyl (C=O) groups excluding carboxylic acids is 3. The second-order valence-electron chi connectivity index (χ2n) is 6.91. The van der Waals surface area contributed by atoms with Crippen LogP contribution in [-0.2, 0) is 14.4 Å². The van der Waals surface area contributed by atoms with Crippen molar-refractivity contribution in [3.8, 4) is 0 Å². The number of nitrogens with one attached hydrogen (secondary N) is 1. The van der Waals surface area contributed by atoms with Gasteiger partial charge in [-0.3, -0.25) is 14.4 Å². The summed E-state index contributed by atoms with van der Waals surface area (Å²) in [6.45, 7) is 7.34. The molecular formula is C22H22N2O3S. The highest BCUT2D eigenvalue weighted by atomic mass is 32.2. The van der Waals surface area contributed by atoms with Gasteiger partial charge >= 0.3 is 0 Å². The van der Waals surface area contributed by atoms with Crippen molar-refractivity contribution in [1.82, 2.24) is 0 Å². The third-order valence-electron chi connectivity index (χ3n) is 4.15. The lowest BCUT2D eigenvalue weighted by atomic mass is 10.1. The fourth-order valence-electron chi connectivity index (χ4n) is 3.03. The highest BCUT2D eigenvalue weighted by molar-refractivity contribution is 8.04. The van der Waals surface area contributed by atoms with Crippen molar-refractivity contribution in [2.45, 2.75) is 32.9 Å².